The third kappa shape index (κ3) is 4.04. The van der Waals surface area contributed by atoms with Crippen LogP contribution in [0.5, 0.6) is 0 Å². The van der Waals surface area contributed by atoms with Crippen molar-refractivity contribution in [2.45, 2.75) is 38.8 Å². The predicted octanol–water partition coefficient (Wildman–Crippen LogP) is 6.26. The van der Waals surface area contributed by atoms with E-state index in [0.29, 0.717) is 0 Å². The van der Waals surface area contributed by atoms with Crippen molar-refractivity contribution in [3.63, 3.8) is 0 Å². The number of alkyl halides is 3. The first kappa shape index (κ1) is 17.3. The lowest BCUT2D eigenvalue weighted by molar-refractivity contribution is -0.127. The largest absolute Gasteiger partial charge is 0.305 e. The van der Waals surface area contributed by atoms with E-state index in [0.717, 1.165) is 31.4 Å². The molecule has 0 fully saturated rings. The maximum Gasteiger partial charge on any atom is 0.305 e. The number of aryl methyl sites for hydroxylation is 1. The molecule has 122 valence electrons. The van der Waals surface area contributed by atoms with Gasteiger partial charge >= 0.3 is 5.92 Å². The van der Waals surface area contributed by atoms with Crippen LogP contribution in [0.15, 0.2) is 48.5 Å². The van der Waals surface area contributed by atoms with Crippen LogP contribution in [0.25, 0.3) is 12.2 Å². The molecule has 0 amide bonds. The molecule has 0 radical (unpaired) electrons. The first-order valence-electron chi connectivity index (χ1n) is 7.68. The Morgan fingerprint density at radius 1 is 0.783 bits per heavy atom. The third-order valence-corrected chi connectivity index (χ3v) is 3.88. The van der Waals surface area contributed by atoms with Gasteiger partial charge in [-0.1, -0.05) is 67.6 Å². The molecule has 23 heavy (non-hydrogen) atoms. The molecule has 0 saturated heterocycles. The van der Waals surface area contributed by atoms with Crippen molar-refractivity contribution in [3.05, 3.63) is 70.8 Å². The predicted molar refractivity (Wildman–Crippen MR) is 90.3 cm³/mol. The van der Waals surface area contributed by atoms with Crippen molar-refractivity contribution in [1.82, 2.24) is 0 Å². The summed E-state index contributed by atoms with van der Waals surface area (Å²) in [5.41, 5.74) is 0.199. The van der Waals surface area contributed by atoms with E-state index in [-0.39, 0.29) is 5.56 Å². The van der Waals surface area contributed by atoms with E-state index in [1.165, 1.54) is 17.7 Å². The van der Waals surface area contributed by atoms with Gasteiger partial charge in [0, 0.05) is 5.56 Å². The van der Waals surface area contributed by atoms with Crippen LogP contribution >= 0.6 is 0 Å². The van der Waals surface area contributed by atoms with Gasteiger partial charge in [0.2, 0.25) is 0 Å². The van der Waals surface area contributed by atoms with Crippen molar-refractivity contribution in [2.24, 2.45) is 0 Å². The van der Waals surface area contributed by atoms with Gasteiger partial charge in [-0.3, -0.25) is 0 Å². The van der Waals surface area contributed by atoms with Gasteiger partial charge in [0.15, 0.2) is 5.67 Å². The van der Waals surface area contributed by atoms with E-state index in [1.54, 1.807) is 12.1 Å². The van der Waals surface area contributed by atoms with Crippen LogP contribution in [-0.2, 0) is 12.3 Å². The molecule has 0 aliphatic carbocycles. The van der Waals surface area contributed by atoms with Gasteiger partial charge in [-0.25, -0.2) is 4.39 Å². The van der Waals surface area contributed by atoms with E-state index < -0.39 is 11.6 Å². The fourth-order valence-electron chi connectivity index (χ4n) is 2.20. The minimum absolute atomic E-state index is 0.311. The lowest BCUT2D eigenvalue weighted by atomic mass is 9.94. The number of hydrogen-bond acceptors (Lipinski definition) is 0. The molecule has 0 saturated carbocycles. The van der Waals surface area contributed by atoms with Gasteiger partial charge in [0.05, 0.1) is 0 Å². The average Bonchev–Trinajstić information content (AvgIpc) is 2.53. The maximum atomic E-state index is 13.9. The van der Waals surface area contributed by atoms with Gasteiger partial charge in [0.25, 0.3) is 0 Å². The minimum Gasteiger partial charge on any atom is -0.237 e. The Bertz CT molecular complexity index is 660. The zero-order chi connectivity index (χ0) is 17.1. The number of rotatable bonds is 5. The van der Waals surface area contributed by atoms with Crippen LogP contribution in [0.3, 0.4) is 0 Å². The standard InChI is InChI=1S/C20H21F3/c1-4-15-5-7-16(8-6-15)9-10-17-11-13-18(14-12-17)20(22,23)19(2,3)21/h5-14H,4H2,1-3H3/b10-9+. The molecule has 0 nitrogen and oxygen atoms in total. The number of benzene rings is 2. The molecular formula is C20H21F3. The quantitative estimate of drug-likeness (QED) is 0.571. The van der Waals surface area contributed by atoms with Gasteiger partial charge in [-0.05, 0) is 37.0 Å². The molecule has 0 N–H and O–H groups in total. The first-order chi connectivity index (χ1) is 10.7. The maximum absolute atomic E-state index is 13.9. The molecular weight excluding hydrogens is 297 g/mol. The van der Waals surface area contributed by atoms with E-state index in [4.69, 9.17) is 0 Å². The molecule has 0 heterocycles. The summed E-state index contributed by atoms with van der Waals surface area (Å²) >= 11 is 0. The summed E-state index contributed by atoms with van der Waals surface area (Å²) in [6.07, 6.45) is 4.76. The summed E-state index contributed by atoms with van der Waals surface area (Å²) in [5.74, 6) is -3.51. The second-order valence-electron chi connectivity index (χ2n) is 6.10. The molecule has 0 aliphatic rings. The summed E-state index contributed by atoms with van der Waals surface area (Å²) < 4.78 is 41.5. The van der Waals surface area contributed by atoms with Crippen LogP contribution in [0.4, 0.5) is 13.2 Å². The Morgan fingerprint density at radius 2 is 1.22 bits per heavy atom. The lowest BCUT2D eigenvalue weighted by Gasteiger charge is -2.26. The highest BCUT2D eigenvalue weighted by Crippen LogP contribution is 2.41. The Hall–Kier alpha value is -2.03. The van der Waals surface area contributed by atoms with Crippen LogP contribution in [-0.4, -0.2) is 5.67 Å². The van der Waals surface area contributed by atoms with Crippen LogP contribution < -0.4 is 0 Å². The van der Waals surface area contributed by atoms with Gasteiger partial charge < -0.3 is 0 Å². The smallest absolute Gasteiger partial charge is 0.237 e. The lowest BCUT2D eigenvalue weighted by Crippen LogP contribution is -2.36. The first-order valence-corrected chi connectivity index (χ1v) is 7.68. The van der Waals surface area contributed by atoms with Gasteiger partial charge in [-0.15, -0.1) is 0 Å². The molecule has 0 aliphatic heterocycles. The summed E-state index contributed by atoms with van der Waals surface area (Å²) in [5, 5.41) is 0. The van der Waals surface area contributed by atoms with E-state index >= 15 is 0 Å². The van der Waals surface area contributed by atoms with E-state index in [9.17, 15) is 13.2 Å². The Labute approximate surface area is 135 Å². The van der Waals surface area contributed by atoms with Crippen molar-refractivity contribution >= 4 is 12.2 Å². The summed E-state index contributed by atoms with van der Waals surface area (Å²) in [6, 6.07) is 13.9. The highest BCUT2D eigenvalue weighted by atomic mass is 19.3. The third-order valence-electron chi connectivity index (χ3n) is 3.88. The van der Waals surface area contributed by atoms with Crippen molar-refractivity contribution in [3.8, 4) is 0 Å². The summed E-state index contributed by atoms with van der Waals surface area (Å²) in [7, 11) is 0. The van der Waals surface area contributed by atoms with Crippen LogP contribution in [0, 0.1) is 0 Å². The molecule has 0 spiro atoms. The second kappa shape index (κ2) is 6.61. The zero-order valence-electron chi connectivity index (χ0n) is 13.6. The highest BCUT2D eigenvalue weighted by molar-refractivity contribution is 5.69. The topological polar surface area (TPSA) is 0 Å². The van der Waals surface area contributed by atoms with Crippen molar-refractivity contribution in [1.29, 1.82) is 0 Å². The number of halogens is 3. The summed E-state index contributed by atoms with van der Waals surface area (Å²) in [4.78, 5) is 0. The van der Waals surface area contributed by atoms with E-state index in [2.05, 4.69) is 19.1 Å². The SMILES string of the molecule is CCc1ccc(/C=C/c2ccc(C(F)(F)C(C)(C)F)cc2)cc1. The molecule has 0 aromatic heterocycles. The second-order valence-corrected chi connectivity index (χ2v) is 6.10. The molecule has 3 heteroatoms. The fourth-order valence-corrected chi connectivity index (χ4v) is 2.20. The molecule has 2 aromatic carbocycles. The van der Waals surface area contributed by atoms with Gasteiger partial charge in [0.1, 0.15) is 0 Å². The Balaban J connectivity index is 2.15. The molecule has 0 atom stereocenters. The monoisotopic (exact) mass is 318 g/mol. The average molecular weight is 318 g/mol. The highest BCUT2D eigenvalue weighted by Gasteiger charge is 2.48. The fraction of sp³-hybridized carbons (Fsp3) is 0.300. The minimum atomic E-state index is -3.51. The van der Waals surface area contributed by atoms with Crippen LogP contribution in [0.2, 0.25) is 0 Å². The normalized spacial score (nSPS) is 12.8. The van der Waals surface area contributed by atoms with Crippen molar-refractivity contribution in [2.75, 3.05) is 0 Å². The van der Waals surface area contributed by atoms with Crippen molar-refractivity contribution < 1.29 is 13.2 Å². The summed E-state index contributed by atoms with van der Waals surface area (Å²) in [6.45, 7) is 3.88. The molecule has 2 rings (SSSR count). The number of hydrogen-bond donors (Lipinski definition) is 0. The zero-order valence-corrected chi connectivity index (χ0v) is 13.6. The Morgan fingerprint density at radius 3 is 1.61 bits per heavy atom. The molecule has 0 bridgehead atoms. The molecule has 2 aromatic rings. The Kier molecular flexibility index (Phi) is 4.98. The van der Waals surface area contributed by atoms with Crippen LogP contribution in [0.1, 0.15) is 43.0 Å². The molecule has 0 unspecified atom stereocenters. The van der Waals surface area contributed by atoms with E-state index in [1.807, 2.05) is 24.3 Å². The van der Waals surface area contributed by atoms with Gasteiger partial charge in [-0.2, -0.15) is 8.78 Å².